The highest BCUT2D eigenvalue weighted by Crippen LogP contribution is 2.32. The molecule has 3 rings (SSSR count). The van der Waals surface area contributed by atoms with E-state index in [4.69, 9.17) is 23.9 Å². The Labute approximate surface area is 251 Å². The number of fused-ring (bicyclic) bond motifs is 1. The molecule has 1 aliphatic carbocycles. The number of hydrogen-bond donors (Lipinski definition) is 3. The molecule has 2 aromatic carbocycles. The van der Waals surface area contributed by atoms with Crippen molar-refractivity contribution in [3.05, 3.63) is 64.7 Å². The maximum Gasteiger partial charge on any atom is 0.411 e. The SMILES string of the molecule is CCN(CCO)c1ccc(N=C2C=C(C(=O)NCCOCCOC)C(=O)c3cccc(NC(=O)OCCOC)c32)c(C)c1. The molecule has 0 heterocycles. The van der Waals surface area contributed by atoms with E-state index in [2.05, 4.69) is 10.6 Å². The summed E-state index contributed by atoms with van der Waals surface area (Å²) in [4.78, 5) is 46.1. The Morgan fingerprint density at radius 2 is 1.79 bits per heavy atom. The van der Waals surface area contributed by atoms with Gasteiger partial charge >= 0.3 is 6.09 Å². The zero-order valence-electron chi connectivity index (χ0n) is 25.1. The molecule has 0 radical (unpaired) electrons. The van der Waals surface area contributed by atoms with Crippen LogP contribution in [0.15, 0.2) is 53.0 Å². The molecule has 0 fully saturated rings. The molecular formula is C31H40N4O8. The number of aliphatic hydroxyl groups excluding tert-OH is 1. The van der Waals surface area contributed by atoms with Crippen LogP contribution < -0.4 is 15.5 Å². The Kier molecular flexibility index (Phi) is 13.3. The van der Waals surface area contributed by atoms with Crippen LogP contribution in [0, 0.1) is 6.92 Å². The van der Waals surface area contributed by atoms with Crippen LogP contribution in [0.3, 0.4) is 0 Å². The molecule has 0 saturated carbocycles. The Balaban J connectivity index is 2.00. The first-order chi connectivity index (χ1) is 20.8. The van der Waals surface area contributed by atoms with Gasteiger partial charge in [0.05, 0.1) is 55.7 Å². The molecule has 12 nitrogen and oxygen atoms in total. The van der Waals surface area contributed by atoms with E-state index in [1.54, 1.807) is 25.3 Å². The van der Waals surface area contributed by atoms with E-state index in [9.17, 15) is 19.5 Å². The lowest BCUT2D eigenvalue weighted by Gasteiger charge is -2.23. The molecule has 0 aliphatic heterocycles. The van der Waals surface area contributed by atoms with Crippen molar-refractivity contribution in [3.63, 3.8) is 0 Å². The van der Waals surface area contributed by atoms with Gasteiger partial charge in [0.15, 0.2) is 5.78 Å². The van der Waals surface area contributed by atoms with Gasteiger partial charge in [0.1, 0.15) is 6.61 Å². The lowest BCUT2D eigenvalue weighted by molar-refractivity contribution is -0.117. The van der Waals surface area contributed by atoms with Crippen molar-refractivity contribution in [2.75, 3.05) is 83.7 Å². The lowest BCUT2D eigenvalue weighted by Crippen LogP contribution is -2.34. The van der Waals surface area contributed by atoms with Gasteiger partial charge in [-0.15, -0.1) is 0 Å². The van der Waals surface area contributed by atoms with Crippen LogP contribution in [0.4, 0.5) is 21.9 Å². The first-order valence-electron chi connectivity index (χ1n) is 14.1. The summed E-state index contributed by atoms with van der Waals surface area (Å²) < 4.78 is 20.4. The van der Waals surface area contributed by atoms with Gasteiger partial charge in [-0.05, 0) is 49.8 Å². The molecule has 43 heavy (non-hydrogen) atoms. The monoisotopic (exact) mass is 596 g/mol. The van der Waals surface area contributed by atoms with Crippen molar-refractivity contribution < 1.29 is 38.4 Å². The van der Waals surface area contributed by atoms with Gasteiger partial charge in [-0.3, -0.25) is 14.9 Å². The molecule has 0 aromatic heterocycles. The number of aliphatic imine (C=N–C) groups is 1. The Bertz CT molecular complexity index is 1340. The number of allylic oxidation sites excluding steroid dienone is 1. The van der Waals surface area contributed by atoms with Crippen LogP contribution >= 0.6 is 0 Å². The van der Waals surface area contributed by atoms with Crippen LogP contribution in [0.2, 0.25) is 0 Å². The number of ketones is 1. The maximum atomic E-state index is 13.5. The molecular weight excluding hydrogens is 556 g/mol. The van der Waals surface area contributed by atoms with E-state index in [0.29, 0.717) is 42.4 Å². The number of hydrogen-bond acceptors (Lipinski definition) is 10. The van der Waals surface area contributed by atoms with Crippen LogP contribution in [-0.2, 0) is 23.7 Å². The van der Waals surface area contributed by atoms with Crippen LogP contribution in [0.1, 0.15) is 28.4 Å². The smallest absolute Gasteiger partial charge is 0.411 e. The summed E-state index contributed by atoms with van der Waals surface area (Å²) in [6.45, 7) is 6.70. The van der Waals surface area contributed by atoms with Gasteiger partial charge in [0, 0.05) is 50.7 Å². The summed E-state index contributed by atoms with van der Waals surface area (Å²) in [5, 5.41) is 14.8. The number of benzene rings is 2. The van der Waals surface area contributed by atoms with Crippen molar-refractivity contribution in [2.45, 2.75) is 13.8 Å². The second-order valence-electron chi connectivity index (χ2n) is 9.50. The maximum absolute atomic E-state index is 13.5. The van der Waals surface area contributed by atoms with E-state index in [1.807, 2.05) is 36.9 Å². The minimum atomic E-state index is -0.720. The first kappa shape index (κ1) is 33.4. The number of anilines is 2. The first-order valence-corrected chi connectivity index (χ1v) is 14.1. The van der Waals surface area contributed by atoms with Gasteiger partial charge in [-0.25, -0.2) is 9.79 Å². The summed E-state index contributed by atoms with van der Waals surface area (Å²) in [5.74, 6) is -1.07. The molecule has 0 atom stereocenters. The molecule has 0 bridgehead atoms. The van der Waals surface area contributed by atoms with Crippen molar-refractivity contribution in [1.29, 1.82) is 0 Å². The van der Waals surface area contributed by atoms with E-state index in [-0.39, 0.29) is 44.1 Å². The number of amides is 2. The predicted octanol–water partition coefficient (Wildman–Crippen LogP) is 3.03. The van der Waals surface area contributed by atoms with E-state index in [1.165, 1.54) is 13.2 Å². The van der Waals surface area contributed by atoms with Gasteiger partial charge in [0.2, 0.25) is 0 Å². The van der Waals surface area contributed by atoms with Crippen molar-refractivity contribution >= 4 is 40.6 Å². The van der Waals surface area contributed by atoms with Crippen molar-refractivity contribution in [3.8, 4) is 0 Å². The highest BCUT2D eigenvalue weighted by Gasteiger charge is 2.31. The number of aryl methyl sites for hydroxylation is 1. The highest BCUT2D eigenvalue weighted by molar-refractivity contribution is 6.37. The largest absolute Gasteiger partial charge is 0.447 e. The predicted molar refractivity (Wildman–Crippen MR) is 164 cm³/mol. The minimum absolute atomic E-state index is 0.0281. The number of ether oxygens (including phenoxy) is 4. The molecule has 0 spiro atoms. The number of rotatable bonds is 16. The molecule has 2 aromatic rings. The van der Waals surface area contributed by atoms with E-state index >= 15 is 0 Å². The third-order valence-corrected chi connectivity index (χ3v) is 6.59. The van der Waals surface area contributed by atoms with Crippen LogP contribution in [-0.4, -0.2) is 102 Å². The standard InChI is InChI=1S/C31H40N4O8/c1-5-35(12-13-36)22-9-10-25(21(2)19-22)33-27-20-24(30(38)32-11-14-42-17-15-40-3)29(37)23-7-6-8-26(28(23)27)34-31(39)43-18-16-41-4/h6-10,19-20,36H,5,11-18H2,1-4H3,(H,32,38)(H,34,39). The van der Waals surface area contributed by atoms with E-state index in [0.717, 1.165) is 17.8 Å². The molecule has 0 unspecified atom stereocenters. The number of methoxy groups -OCH3 is 2. The Hall–Kier alpha value is -4.10. The number of Topliss-reactive ketones (excluding diaryl/α,β-unsaturated/α-hetero) is 1. The number of carbonyl (C=O) groups excluding carboxylic acids is 3. The normalized spacial score (nSPS) is 13.4. The summed E-state index contributed by atoms with van der Waals surface area (Å²) in [6.07, 6.45) is 0.715. The zero-order chi connectivity index (χ0) is 31.2. The van der Waals surface area contributed by atoms with Gasteiger partial charge < -0.3 is 34.3 Å². The average Bonchev–Trinajstić information content (AvgIpc) is 3.00. The number of nitrogens with zero attached hydrogens (tertiary/aromatic N) is 2. The fourth-order valence-electron chi connectivity index (χ4n) is 4.42. The van der Waals surface area contributed by atoms with Crippen LogP contribution in [0.25, 0.3) is 0 Å². The molecule has 0 saturated heterocycles. The summed E-state index contributed by atoms with van der Waals surface area (Å²) in [7, 11) is 3.07. The second kappa shape index (κ2) is 17.1. The lowest BCUT2D eigenvalue weighted by atomic mass is 9.87. The van der Waals surface area contributed by atoms with Crippen molar-refractivity contribution in [1.82, 2.24) is 5.32 Å². The quantitative estimate of drug-likeness (QED) is 0.196. The minimum Gasteiger partial charge on any atom is -0.447 e. The topological polar surface area (TPSA) is 148 Å². The second-order valence-corrected chi connectivity index (χ2v) is 9.50. The molecule has 1 aliphatic rings. The summed E-state index contributed by atoms with van der Waals surface area (Å²) >= 11 is 0. The third-order valence-electron chi connectivity index (χ3n) is 6.59. The van der Waals surface area contributed by atoms with Gasteiger partial charge in [-0.1, -0.05) is 12.1 Å². The zero-order valence-corrected chi connectivity index (χ0v) is 25.1. The average molecular weight is 597 g/mol. The number of likely N-dealkylation sites (N-methyl/N-ethyl adjacent to an activating group) is 1. The summed E-state index contributed by atoms with van der Waals surface area (Å²) in [6, 6.07) is 10.6. The summed E-state index contributed by atoms with van der Waals surface area (Å²) in [5.41, 5.74) is 3.52. The van der Waals surface area contributed by atoms with Crippen molar-refractivity contribution in [2.24, 2.45) is 4.99 Å². The molecule has 12 heteroatoms. The number of aliphatic hydroxyl groups is 1. The van der Waals surface area contributed by atoms with Crippen LogP contribution in [0.5, 0.6) is 0 Å². The highest BCUT2D eigenvalue weighted by atomic mass is 16.6. The van der Waals surface area contributed by atoms with Gasteiger partial charge in [0.25, 0.3) is 5.91 Å². The van der Waals surface area contributed by atoms with Gasteiger partial charge in [-0.2, -0.15) is 0 Å². The number of carbonyl (C=O) groups is 3. The number of nitrogens with one attached hydrogen (secondary N) is 2. The molecule has 2 amide bonds. The van der Waals surface area contributed by atoms with E-state index < -0.39 is 17.8 Å². The third kappa shape index (κ3) is 9.19. The Morgan fingerprint density at radius 3 is 2.49 bits per heavy atom. The molecule has 3 N–H and O–H groups in total. The Morgan fingerprint density at radius 1 is 1.02 bits per heavy atom. The molecule has 232 valence electrons. The fraction of sp³-hybridized carbons (Fsp3) is 0.419. The fourth-order valence-corrected chi connectivity index (χ4v) is 4.42.